The van der Waals surface area contributed by atoms with Crippen LogP contribution in [-0.4, -0.2) is 26.8 Å². The minimum absolute atomic E-state index is 0.112. The Kier molecular flexibility index (Phi) is 8.40. The molecule has 2 aromatic heterocycles. The predicted molar refractivity (Wildman–Crippen MR) is 155 cm³/mol. The maximum Gasteiger partial charge on any atom is 0.333 e. The van der Waals surface area contributed by atoms with Crippen molar-refractivity contribution < 1.29 is 14.3 Å². The highest BCUT2D eigenvalue weighted by Crippen LogP contribution is 2.35. The zero-order chi connectivity index (χ0) is 27.8. The van der Waals surface area contributed by atoms with Crippen LogP contribution in [0.3, 0.4) is 0 Å². The van der Waals surface area contributed by atoms with E-state index in [4.69, 9.17) is 9.47 Å². The second-order valence-electron chi connectivity index (χ2n) is 11.6. The molecule has 0 N–H and O–H groups in total. The summed E-state index contributed by atoms with van der Waals surface area (Å²) in [4.78, 5) is 41.8. The molecule has 206 valence electrons. The first kappa shape index (κ1) is 28.8. The van der Waals surface area contributed by atoms with Crippen molar-refractivity contribution in [2.45, 2.75) is 104 Å². The van der Waals surface area contributed by atoms with E-state index in [0.29, 0.717) is 10.2 Å². The second kappa shape index (κ2) is 11.1. The number of benzene rings is 1. The molecule has 0 amide bonds. The molecule has 0 spiro atoms. The van der Waals surface area contributed by atoms with Crippen LogP contribution in [0.15, 0.2) is 43.7 Å². The van der Waals surface area contributed by atoms with Gasteiger partial charge in [-0.25, -0.2) is 14.2 Å². The minimum atomic E-state index is -1.52. The van der Waals surface area contributed by atoms with Crippen LogP contribution in [0.5, 0.6) is 0 Å². The summed E-state index contributed by atoms with van der Waals surface area (Å²) in [7, 11) is 0. The van der Waals surface area contributed by atoms with Crippen LogP contribution in [0.1, 0.15) is 84.0 Å². The number of ether oxygens (including phenoxy) is 2. The van der Waals surface area contributed by atoms with Gasteiger partial charge in [0.15, 0.2) is 0 Å². The molecular formula is C29H37BrN2O5S. The molecule has 1 aliphatic rings. The molecule has 1 saturated carbocycles. The minimum Gasteiger partial charge on any atom is -0.458 e. The second-order valence-corrected chi connectivity index (χ2v) is 13.9. The number of esters is 1. The number of fused-ring (bicyclic) bond motifs is 1. The lowest BCUT2D eigenvalue weighted by molar-refractivity contribution is -0.164. The van der Waals surface area contributed by atoms with Crippen LogP contribution in [0.4, 0.5) is 0 Å². The van der Waals surface area contributed by atoms with E-state index in [1.807, 2.05) is 37.3 Å². The normalized spacial score (nSPS) is 16.1. The Hall–Kier alpha value is -2.23. The summed E-state index contributed by atoms with van der Waals surface area (Å²) in [6.45, 7) is 10.5. The summed E-state index contributed by atoms with van der Waals surface area (Å²) in [6, 6.07) is 9.89. The molecule has 0 saturated heterocycles. The number of rotatable bonds is 7. The van der Waals surface area contributed by atoms with E-state index in [0.717, 1.165) is 45.2 Å². The summed E-state index contributed by atoms with van der Waals surface area (Å²) >= 11 is 4.92. The van der Waals surface area contributed by atoms with Crippen molar-refractivity contribution in [1.82, 2.24) is 9.13 Å². The summed E-state index contributed by atoms with van der Waals surface area (Å²) in [5.41, 5.74) is -1.64. The Labute approximate surface area is 235 Å². The third-order valence-electron chi connectivity index (χ3n) is 7.04. The molecule has 9 heteroatoms. The van der Waals surface area contributed by atoms with Crippen molar-refractivity contribution in [3.63, 3.8) is 0 Å². The number of halogens is 1. The number of hydrogen-bond donors (Lipinski definition) is 0. The van der Waals surface area contributed by atoms with Gasteiger partial charge in [-0.3, -0.25) is 9.36 Å². The molecule has 0 unspecified atom stereocenters. The summed E-state index contributed by atoms with van der Waals surface area (Å²) in [5, 5.41) is 0.419. The maximum absolute atomic E-state index is 14.2. The summed E-state index contributed by atoms with van der Waals surface area (Å²) in [5.74, 6) is -0.639. The summed E-state index contributed by atoms with van der Waals surface area (Å²) < 4.78 is 15.7. The fourth-order valence-electron chi connectivity index (χ4n) is 4.96. The van der Waals surface area contributed by atoms with E-state index in [-0.39, 0.29) is 12.6 Å². The van der Waals surface area contributed by atoms with Crippen molar-refractivity contribution in [3.8, 4) is 0 Å². The average Bonchev–Trinajstić information content (AvgIpc) is 3.15. The number of thiophene rings is 1. The van der Waals surface area contributed by atoms with Gasteiger partial charge in [-0.2, -0.15) is 0 Å². The number of carbonyl (C=O) groups is 1. The van der Waals surface area contributed by atoms with Crippen molar-refractivity contribution in [3.05, 3.63) is 66.1 Å². The molecule has 1 atom stereocenters. The van der Waals surface area contributed by atoms with E-state index in [2.05, 4.69) is 15.9 Å². The highest BCUT2D eigenvalue weighted by Gasteiger charge is 2.39. The van der Waals surface area contributed by atoms with Crippen LogP contribution in [0.2, 0.25) is 0 Å². The van der Waals surface area contributed by atoms with Gasteiger partial charge in [0.05, 0.1) is 21.8 Å². The first-order chi connectivity index (χ1) is 17.8. The molecule has 1 aromatic carbocycles. The molecule has 3 aromatic rings. The third-order valence-corrected chi connectivity index (χ3v) is 9.22. The standard InChI is InChI=1S/C29H37BrN2O5S/c1-18-22-24(33)32(29(5,6)26(34)37-28(2,3)4)27(35)31(25(22)38-23(18)30)17-21(19-13-9-7-10-14-19)36-20-15-11-8-12-16-20/h7,9-10,13-14,20-21H,8,11-12,15-17H2,1-6H3/t21-/m0/s1. The molecule has 7 nitrogen and oxygen atoms in total. The molecule has 2 heterocycles. The van der Waals surface area contributed by atoms with Crippen LogP contribution in [0, 0.1) is 6.92 Å². The lowest BCUT2D eigenvalue weighted by Gasteiger charge is -2.31. The first-order valence-electron chi connectivity index (χ1n) is 13.2. The number of hydrogen-bond acceptors (Lipinski definition) is 6. The quantitative estimate of drug-likeness (QED) is 0.289. The van der Waals surface area contributed by atoms with Gasteiger partial charge in [-0.15, -0.1) is 11.3 Å². The average molecular weight is 606 g/mol. The van der Waals surface area contributed by atoms with Gasteiger partial charge in [-0.1, -0.05) is 49.6 Å². The smallest absolute Gasteiger partial charge is 0.333 e. The highest BCUT2D eigenvalue weighted by atomic mass is 79.9. The van der Waals surface area contributed by atoms with E-state index in [1.165, 1.54) is 17.8 Å². The number of aromatic nitrogens is 2. The Morgan fingerprint density at radius 2 is 1.71 bits per heavy atom. The van der Waals surface area contributed by atoms with Crippen LogP contribution in [-0.2, 0) is 26.4 Å². The Morgan fingerprint density at radius 1 is 1.08 bits per heavy atom. The van der Waals surface area contributed by atoms with Crippen LogP contribution >= 0.6 is 27.3 Å². The topological polar surface area (TPSA) is 79.5 Å². The largest absolute Gasteiger partial charge is 0.458 e. The van der Waals surface area contributed by atoms with E-state index < -0.39 is 34.5 Å². The van der Waals surface area contributed by atoms with Crippen molar-refractivity contribution >= 4 is 43.5 Å². The van der Waals surface area contributed by atoms with Crippen molar-refractivity contribution in [1.29, 1.82) is 0 Å². The zero-order valence-electron chi connectivity index (χ0n) is 23.0. The number of nitrogens with zero attached hydrogens (tertiary/aromatic N) is 2. The number of carbonyl (C=O) groups excluding carboxylic acids is 1. The SMILES string of the molecule is Cc1c(Br)sc2c1c(=O)n(C(C)(C)C(=O)OC(C)(C)C)c(=O)n2C[C@H](OC1CCCCC1)c1ccccc1. The van der Waals surface area contributed by atoms with Gasteiger partial charge in [0.1, 0.15) is 22.1 Å². The molecule has 0 aliphatic heterocycles. The van der Waals surface area contributed by atoms with Crippen molar-refractivity contribution in [2.75, 3.05) is 0 Å². The Bertz CT molecular complexity index is 1430. The van der Waals surface area contributed by atoms with Gasteiger partial charge in [0, 0.05) is 0 Å². The monoisotopic (exact) mass is 604 g/mol. The van der Waals surface area contributed by atoms with Gasteiger partial charge in [0.2, 0.25) is 0 Å². The molecule has 1 fully saturated rings. The lowest BCUT2D eigenvalue weighted by Crippen LogP contribution is -2.54. The van der Waals surface area contributed by atoms with Crippen LogP contribution in [0.25, 0.3) is 10.2 Å². The maximum atomic E-state index is 14.2. The molecule has 4 rings (SSSR count). The van der Waals surface area contributed by atoms with Gasteiger partial charge < -0.3 is 9.47 Å². The molecule has 1 aliphatic carbocycles. The summed E-state index contributed by atoms with van der Waals surface area (Å²) in [6.07, 6.45) is 5.16. The van der Waals surface area contributed by atoms with Crippen molar-refractivity contribution in [2.24, 2.45) is 0 Å². The molecule has 0 bridgehead atoms. The van der Waals surface area contributed by atoms with E-state index in [1.54, 1.807) is 39.2 Å². The lowest BCUT2D eigenvalue weighted by atomic mass is 9.97. The third kappa shape index (κ3) is 5.84. The Balaban J connectivity index is 1.89. The van der Waals surface area contributed by atoms with Gasteiger partial charge >= 0.3 is 11.7 Å². The van der Waals surface area contributed by atoms with E-state index in [9.17, 15) is 14.4 Å². The first-order valence-corrected chi connectivity index (χ1v) is 14.8. The zero-order valence-corrected chi connectivity index (χ0v) is 25.4. The fourth-order valence-corrected chi connectivity index (χ4v) is 6.65. The Morgan fingerprint density at radius 3 is 2.32 bits per heavy atom. The van der Waals surface area contributed by atoms with Gasteiger partial charge in [-0.05, 0) is 81.4 Å². The number of aryl methyl sites for hydroxylation is 1. The highest BCUT2D eigenvalue weighted by molar-refractivity contribution is 9.11. The predicted octanol–water partition coefficient (Wildman–Crippen LogP) is 6.46. The molecule has 38 heavy (non-hydrogen) atoms. The fraction of sp³-hybridized carbons (Fsp3) is 0.552. The molecular weight excluding hydrogens is 568 g/mol. The molecule has 0 radical (unpaired) electrons. The van der Waals surface area contributed by atoms with Gasteiger partial charge in [0.25, 0.3) is 5.56 Å². The van der Waals surface area contributed by atoms with Crippen LogP contribution < -0.4 is 11.2 Å². The van der Waals surface area contributed by atoms with E-state index >= 15 is 0 Å².